The maximum absolute atomic E-state index is 11.4. The topological polar surface area (TPSA) is 169 Å². The second kappa shape index (κ2) is 11.3. The van der Waals surface area contributed by atoms with Gasteiger partial charge in [0.15, 0.2) is 5.69 Å². The first-order valence-corrected chi connectivity index (χ1v) is 7.91. The van der Waals surface area contributed by atoms with Gasteiger partial charge in [0.05, 0.1) is 11.5 Å². The van der Waals surface area contributed by atoms with Crippen LogP contribution >= 0.6 is 0 Å². The molecule has 0 bridgehead atoms. The molecule has 0 aromatic heterocycles. The molecule has 11 heteroatoms. The monoisotopic (exact) mass is 382 g/mol. The number of nitro benzene ring substituents is 1. The summed E-state index contributed by atoms with van der Waals surface area (Å²) >= 11 is 0. The molecule has 27 heavy (non-hydrogen) atoms. The van der Waals surface area contributed by atoms with Crippen molar-refractivity contribution in [3.8, 4) is 5.75 Å². The van der Waals surface area contributed by atoms with Gasteiger partial charge in [-0.05, 0) is 12.1 Å². The van der Waals surface area contributed by atoms with E-state index in [2.05, 4.69) is 10.1 Å². The van der Waals surface area contributed by atoms with E-state index < -0.39 is 16.9 Å². The second-order valence-electron chi connectivity index (χ2n) is 5.17. The average molecular weight is 382 g/mol. The quantitative estimate of drug-likeness (QED) is 0.209. The minimum absolute atomic E-state index is 0.0277. The summed E-state index contributed by atoms with van der Waals surface area (Å²) in [6, 6.07) is 2.41. The van der Waals surface area contributed by atoms with E-state index in [0.717, 1.165) is 6.07 Å². The van der Waals surface area contributed by atoms with Gasteiger partial charge < -0.3 is 31.0 Å². The molecule has 0 aliphatic heterocycles. The van der Waals surface area contributed by atoms with Crippen LogP contribution in [0.3, 0.4) is 0 Å². The van der Waals surface area contributed by atoms with Crippen molar-refractivity contribution in [2.45, 2.75) is 6.42 Å². The van der Waals surface area contributed by atoms with Crippen LogP contribution in [0.25, 0.3) is 0 Å². The van der Waals surface area contributed by atoms with Crippen LogP contribution in [0.15, 0.2) is 24.3 Å². The Labute approximate surface area is 155 Å². The minimum Gasteiger partial charge on any atom is -0.491 e. The molecule has 0 spiro atoms. The SMILES string of the molecule is COCCCOc1cc(C(N)=O)cc([N+](=O)[O-])c1NCC=CCOC(N)=O. The Morgan fingerprint density at radius 2 is 2.00 bits per heavy atom. The van der Waals surface area contributed by atoms with Crippen LogP contribution in [0.5, 0.6) is 5.75 Å². The van der Waals surface area contributed by atoms with E-state index in [4.69, 9.17) is 20.9 Å². The Bertz CT molecular complexity index is 706. The summed E-state index contributed by atoms with van der Waals surface area (Å²) in [5.74, 6) is -0.689. The van der Waals surface area contributed by atoms with Gasteiger partial charge in [0.1, 0.15) is 12.4 Å². The molecule has 0 atom stereocenters. The summed E-state index contributed by atoms with van der Waals surface area (Å²) in [7, 11) is 1.54. The molecule has 1 rings (SSSR count). The van der Waals surface area contributed by atoms with Crippen molar-refractivity contribution in [2.75, 3.05) is 38.8 Å². The van der Waals surface area contributed by atoms with Gasteiger partial charge in [0.25, 0.3) is 5.69 Å². The van der Waals surface area contributed by atoms with Gasteiger partial charge in [-0.25, -0.2) is 4.79 Å². The standard InChI is InChI=1S/C16H22N4O7/c1-25-6-4-8-26-13-10-11(15(17)21)9-12(20(23)24)14(13)19-5-2-3-7-27-16(18)22/h2-3,9-10,19H,4-8H2,1H3,(H2,17,21)(H2,18,22). The predicted molar refractivity (Wildman–Crippen MR) is 96.8 cm³/mol. The maximum atomic E-state index is 11.4. The Morgan fingerprint density at radius 3 is 2.59 bits per heavy atom. The number of rotatable bonds is 12. The van der Waals surface area contributed by atoms with Gasteiger partial charge >= 0.3 is 6.09 Å². The number of carbonyl (C=O) groups excluding carboxylic acids is 2. The van der Waals surface area contributed by atoms with Crippen LogP contribution in [0.2, 0.25) is 0 Å². The van der Waals surface area contributed by atoms with E-state index in [-0.39, 0.29) is 42.4 Å². The van der Waals surface area contributed by atoms with Crippen molar-refractivity contribution >= 4 is 23.4 Å². The van der Waals surface area contributed by atoms with Crippen LogP contribution in [-0.4, -0.2) is 50.4 Å². The Morgan fingerprint density at radius 1 is 1.26 bits per heavy atom. The summed E-state index contributed by atoms with van der Waals surface area (Å²) in [5, 5.41) is 14.2. The Kier molecular flexibility index (Phi) is 9.09. The molecule has 5 N–H and O–H groups in total. The molecular weight excluding hydrogens is 360 g/mol. The number of carbonyl (C=O) groups is 2. The highest BCUT2D eigenvalue weighted by molar-refractivity contribution is 5.95. The Hall–Kier alpha value is -3.34. The van der Waals surface area contributed by atoms with Crippen LogP contribution < -0.4 is 21.5 Å². The first-order valence-electron chi connectivity index (χ1n) is 7.91. The molecule has 0 radical (unpaired) electrons. The molecule has 1 aromatic rings. The molecule has 1 aromatic carbocycles. The van der Waals surface area contributed by atoms with E-state index in [1.54, 1.807) is 13.2 Å². The average Bonchev–Trinajstić information content (AvgIpc) is 2.61. The van der Waals surface area contributed by atoms with Crippen molar-refractivity contribution in [1.29, 1.82) is 0 Å². The predicted octanol–water partition coefficient (Wildman–Crippen LogP) is 1.17. The zero-order valence-corrected chi connectivity index (χ0v) is 14.8. The number of nitrogens with two attached hydrogens (primary N) is 2. The number of hydrogen-bond donors (Lipinski definition) is 3. The number of ether oxygens (including phenoxy) is 3. The summed E-state index contributed by atoms with van der Waals surface area (Å²) in [5.41, 5.74) is 9.77. The van der Waals surface area contributed by atoms with Gasteiger partial charge in [-0.1, -0.05) is 6.08 Å². The summed E-state index contributed by atoms with van der Waals surface area (Å²) < 4.78 is 15.0. The number of benzene rings is 1. The number of nitrogens with one attached hydrogen (secondary N) is 1. The zero-order chi connectivity index (χ0) is 20.2. The number of anilines is 1. The third-order valence-electron chi connectivity index (χ3n) is 3.20. The summed E-state index contributed by atoms with van der Waals surface area (Å²) in [6.45, 7) is 0.820. The molecule has 0 saturated carbocycles. The second-order valence-corrected chi connectivity index (χ2v) is 5.17. The van der Waals surface area contributed by atoms with Crippen molar-refractivity contribution in [3.63, 3.8) is 0 Å². The Balaban J connectivity index is 2.99. The molecule has 0 aliphatic rings. The van der Waals surface area contributed by atoms with Crippen molar-refractivity contribution in [1.82, 2.24) is 0 Å². The zero-order valence-electron chi connectivity index (χ0n) is 14.8. The molecule has 148 valence electrons. The molecular formula is C16H22N4O7. The summed E-state index contributed by atoms with van der Waals surface area (Å²) in [6.07, 6.45) is 2.75. The highest BCUT2D eigenvalue weighted by Crippen LogP contribution is 2.36. The first-order chi connectivity index (χ1) is 12.9. The molecule has 0 unspecified atom stereocenters. The van der Waals surface area contributed by atoms with Gasteiger partial charge in [-0.3, -0.25) is 14.9 Å². The number of nitro groups is 1. The fraction of sp³-hybridized carbons (Fsp3) is 0.375. The number of amides is 2. The molecule has 0 heterocycles. The van der Waals surface area contributed by atoms with Crippen LogP contribution in [0, 0.1) is 10.1 Å². The van der Waals surface area contributed by atoms with Gasteiger partial charge in [0, 0.05) is 38.3 Å². The lowest BCUT2D eigenvalue weighted by atomic mass is 10.1. The molecule has 11 nitrogen and oxygen atoms in total. The minimum atomic E-state index is -0.906. The number of primary amides is 2. The molecule has 0 fully saturated rings. The van der Waals surface area contributed by atoms with E-state index in [9.17, 15) is 19.7 Å². The van der Waals surface area contributed by atoms with Crippen molar-refractivity contribution in [2.24, 2.45) is 11.5 Å². The van der Waals surface area contributed by atoms with Crippen LogP contribution in [0.4, 0.5) is 16.2 Å². The van der Waals surface area contributed by atoms with Gasteiger partial charge in [0.2, 0.25) is 5.91 Å². The largest absolute Gasteiger partial charge is 0.491 e. The fourth-order valence-corrected chi connectivity index (χ4v) is 2.01. The lowest BCUT2D eigenvalue weighted by Crippen LogP contribution is -2.14. The normalized spacial score (nSPS) is 10.6. The van der Waals surface area contributed by atoms with E-state index >= 15 is 0 Å². The summed E-state index contributed by atoms with van der Waals surface area (Å²) in [4.78, 5) is 32.6. The molecule has 0 aliphatic carbocycles. The lowest BCUT2D eigenvalue weighted by Gasteiger charge is -2.14. The van der Waals surface area contributed by atoms with Crippen molar-refractivity contribution in [3.05, 3.63) is 40.0 Å². The van der Waals surface area contributed by atoms with Crippen molar-refractivity contribution < 1.29 is 28.7 Å². The highest BCUT2D eigenvalue weighted by Gasteiger charge is 2.22. The first kappa shape index (κ1) is 21.7. The van der Waals surface area contributed by atoms with Crippen LogP contribution in [0.1, 0.15) is 16.8 Å². The highest BCUT2D eigenvalue weighted by atomic mass is 16.6. The third-order valence-corrected chi connectivity index (χ3v) is 3.20. The van der Waals surface area contributed by atoms with Gasteiger partial charge in [-0.15, -0.1) is 0 Å². The molecule has 0 saturated heterocycles. The third kappa shape index (κ3) is 7.61. The van der Waals surface area contributed by atoms with Crippen LogP contribution in [-0.2, 0) is 9.47 Å². The van der Waals surface area contributed by atoms with Gasteiger partial charge in [-0.2, -0.15) is 0 Å². The lowest BCUT2D eigenvalue weighted by molar-refractivity contribution is -0.384. The van der Waals surface area contributed by atoms with E-state index in [1.165, 1.54) is 12.1 Å². The number of hydrogen-bond acceptors (Lipinski definition) is 8. The maximum Gasteiger partial charge on any atom is 0.404 e. The number of nitrogens with zero attached hydrogens (tertiary/aromatic N) is 1. The number of methoxy groups -OCH3 is 1. The smallest absolute Gasteiger partial charge is 0.404 e. The van der Waals surface area contributed by atoms with E-state index in [1.807, 2.05) is 0 Å². The molecule has 2 amide bonds. The van der Waals surface area contributed by atoms with E-state index in [0.29, 0.717) is 13.0 Å². The fourth-order valence-electron chi connectivity index (χ4n) is 2.01.